The van der Waals surface area contributed by atoms with E-state index in [9.17, 15) is 0 Å². The van der Waals surface area contributed by atoms with Gasteiger partial charge < -0.3 is 19.7 Å². The van der Waals surface area contributed by atoms with Gasteiger partial charge in [-0.2, -0.15) is 4.98 Å². The number of fused-ring (bicyclic) bond motifs is 1. The Bertz CT molecular complexity index is 585. The maximum atomic E-state index is 5.62. The number of hydrogen-bond donors (Lipinski definition) is 1. The summed E-state index contributed by atoms with van der Waals surface area (Å²) in [5, 5.41) is 3.88. The molecule has 2 aromatic rings. The first-order valence-electron chi connectivity index (χ1n) is 5.40. The molecule has 7 heteroatoms. The summed E-state index contributed by atoms with van der Waals surface area (Å²) in [7, 11) is 0. The molecule has 1 aliphatic rings. The summed E-state index contributed by atoms with van der Waals surface area (Å²) < 4.78 is 17.0. The molecular formula is C11H10BrN3O3. The normalized spacial score (nSPS) is 13.7. The van der Waals surface area contributed by atoms with Gasteiger partial charge in [0.2, 0.25) is 11.7 Å². The topological polar surface area (TPSA) is 83.4 Å². The third-order valence-corrected chi connectivity index (χ3v) is 3.15. The molecule has 0 amide bonds. The highest BCUT2D eigenvalue weighted by atomic mass is 79.9. The molecule has 0 fully saturated rings. The Morgan fingerprint density at radius 1 is 1.22 bits per heavy atom. The van der Waals surface area contributed by atoms with E-state index >= 15 is 0 Å². The molecule has 0 aliphatic carbocycles. The Morgan fingerprint density at radius 2 is 2.00 bits per heavy atom. The van der Waals surface area contributed by atoms with Crippen LogP contribution < -0.4 is 15.2 Å². The van der Waals surface area contributed by atoms with Crippen molar-refractivity contribution in [3.05, 3.63) is 22.5 Å². The molecule has 0 saturated carbocycles. The van der Waals surface area contributed by atoms with Crippen molar-refractivity contribution in [3.63, 3.8) is 0 Å². The lowest BCUT2D eigenvalue weighted by Gasteiger charge is -2.21. The van der Waals surface area contributed by atoms with Crippen LogP contribution >= 0.6 is 15.9 Å². The molecule has 0 bridgehead atoms. The summed E-state index contributed by atoms with van der Waals surface area (Å²) in [5.74, 6) is 2.13. The van der Waals surface area contributed by atoms with E-state index in [-0.39, 0.29) is 6.54 Å². The number of nitrogens with two attached hydrogens (primary N) is 1. The van der Waals surface area contributed by atoms with Gasteiger partial charge in [0, 0.05) is 0 Å². The van der Waals surface area contributed by atoms with Crippen LogP contribution in [0.25, 0.3) is 11.4 Å². The molecule has 2 N–H and O–H groups in total. The van der Waals surface area contributed by atoms with Crippen LogP contribution in [0.5, 0.6) is 11.5 Å². The first kappa shape index (κ1) is 11.5. The van der Waals surface area contributed by atoms with Gasteiger partial charge in [0.25, 0.3) is 0 Å². The SMILES string of the molecule is NCc1nc(-c2ccc(Br)c3c2OCCO3)no1. The highest BCUT2D eigenvalue weighted by Gasteiger charge is 2.22. The first-order valence-corrected chi connectivity index (χ1v) is 6.20. The lowest BCUT2D eigenvalue weighted by molar-refractivity contribution is 0.171. The lowest BCUT2D eigenvalue weighted by Crippen LogP contribution is -2.16. The predicted octanol–water partition coefficient (Wildman–Crippen LogP) is 1.73. The Balaban J connectivity index is 2.11. The van der Waals surface area contributed by atoms with Crippen LogP contribution in [0, 0.1) is 0 Å². The van der Waals surface area contributed by atoms with Crippen molar-refractivity contribution in [1.29, 1.82) is 0 Å². The first-order chi connectivity index (χ1) is 8.79. The van der Waals surface area contributed by atoms with E-state index in [2.05, 4.69) is 26.1 Å². The molecular weight excluding hydrogens is 302 g/mol. The fourth-order valence-electron chi connectivity index (χ4n) is 1.73. The van der Waals surface area contributed by atoms with Gasteiger partial charge in [-0.25, -0.2) is 0 Å². The molecule has 1 aliphatic heterocycles. The average molecular weight is 312 g/mol. The predicted molar refractivity (Wildman–Crippen MR) is 66.3 cm³/mol. The summed E-state index contributed by atoms with van der Waals surface area (Å²) in [5.41, 5.74) is 6.18. The fraction of sp³-hybridized carbons (Fsp3) is 0.273. The van der Waals surface area contributed by atoms with E-state index in [0.717, 1.165) is 10.0 Å². The second-order valence-electron chi connectivity index (χ2n) is 3.67. The Kier molecular flexibility index (Phi) is 2.92. The van der Waals surface area contributed by atoms with Crippen molar-refractivity contribution >= 4 is 15.9 Å². The zero-order chi connectivity index (χ0) is 12.5. The zero-order valence-electron chi connectivity index (χ0n) is 9.35. The van der Waals surface area contributed by atoms with Crippen LogP contribution in [0.4, 0.5) is 0 Å². The van der Waals surface area contributed by atoms with Gasteiger partial charge in [0.1, 0.15) is 13.2 Å². The molecule has 0 radical (unpaired) electrons. The van der Waals surface area contributed by atoms with Gasteiger partial charge in [-0.1, -0.05) is 5.16 Å². The molecule has 0 spiro atoms. The number of aromatic nitrogens is 2. The molecule has 0 saturated heterocycles. The monoisotopic (exact) mass is 311 g/mol. The summed E-state index contributed by atoms with van der Waals surface area (Å²) in [6, 6.07) is 3.71. The quantitative estimate of drug-likeness (QED) is 0.909. The molecule has 2 heterocycles. The van der Waals surface area contributed by atoms with E-state index in [0.29, 0.717) is 36.4 Å². The van der Waals surface area contributed by atoms with Crippen molar-refractivity contribution in [2.45, 2.75) is 6.54 Å². The molecule has 3 rings (SSSR count). The molecule has 94 valence electrons. The van der Waals surface area contributed by atoms with Crippen LogP contribution in [0.3, 0.4) is 0 Å². The van der Waals surface area contributed by atoms with Crippen LogP contribution in [-0.2, 0) is 6.54 Å². The van der Waals surface area contributed by atoms with Crippen LogP contribution in [0.15, 0.2) is 21.1 Å². The zero-order valence-corrected chi connectivity index (χ0v) is 10.9. The second-order valence-corrected chi connectivity index (χ2v) is 4.52. The molecule has 0 atom stereocenters. The number of benzene rings is 1. The largest absolute Gasteiger partial charge is 0.485 e. The van der Waals surface area contributed by atoms with Gasteiger partial charge in [-0.15, -0.1) is 0 Å². The number of rotatable bonds is 2. The number of nitrogens with zero attached hydrogens (tertiary/aromatic N) is 2. The summed E-state index contributed by atoms with van der Waals surface area (Å²) in [6.07, 6.45) is 0. The summed E-state index contributed by atoms with van der Waals surface area (Å²) >= 11 is 3.42. The smallest absolute Gasteiger partial charge is 0.240 e. The molecule has 6 nitrogen and oxygen atoms in total. The molecule has 1 aromatic heterocycles. The van der Waals surface area contributed by atoms with E-state index in [1.54, 1.807) is 0 Å². The minimum absolute atomic E-state index is 0.211. The van der Waals surface area contributed by atoms with E-state index in [4.69, 9.17) is 19.7 Å². The maximum absolute atomic E-state index is 5.62. The third kappa shape index (κ3) is 1.85. The highest BCUT2D eigenvalue weighted by molar-refractivity contribution is 9.10. The fourth-order valence-corrected chi connectivity index (χ4v) is 2.15. The molecule has 18 heavy (non-hydrogen) atoms. The van der Waals surface area contributed by atoms with Crippen molar-refractivity contribution in [1.82, 2.24) is 10.1 Å². The van der Waals surface area contributed by atoms with Crippen molar-refractivity contribution in [2.24, 2.45) is 5.73 Å². The van der Waals surface area contributed by atoms with Crippen LogP contribution in [0.1, 0.15) is 5.89 Å². The Labute approximate surface area is 111 Å². The van der Waals surface area contributed by atoms with Gasteiger partial charge in [0.15, 0.2) is 11.5 Å². The minimum Gasteiger partial charge on any atom is -0.485 e. The minimum atomic E-state index is 0.211. The van der Waals surface area contributed by atoms with Gasteiger partial charge in [-0.3, -0.25) is 0 Å². The second kappa shape index (κ2) is 4.58. The number of hydrogen-bond acceptors (Lipinski definition) is 6. The third-order valence-electron chi connectivity index (χ3n) is 2.52. The summed E-state index contributed by atoms with van der Waals surface area (Å²) in [6.45, 7) is 1.23. The van der Waals surface area contributed by atoms with E-state index in [1.165, 1.54) is 0 Å². The molecule has 0 unspecified atom stereocenters. The van der Waals surface area contributed by atoms with Gasteiger partial charge in [-0.05, 0) is 28.1 Å². The molecule has 1 aromatic carbocycles. The summed E-state index contributed by atoms with van der Waals surface area (Å²) in [4.78, 5) is 4.18. The highest BCUT2D eigenvalue weighted by Crippen LogP contribution is 2.43. The van der Waals surface area contributed by atoms with Crippen LogP contribution in [-0.4, -0.2) is 23.4 Å². The Morgan fingerprint density at radius 3 is 2.72 bits per heavy atom. The van der Waals surface area contributed by atoms with Crippen LogP contribution in [0.2, 0.25) is 0 Å². The Hall–Kier alpha value is -1.60. The van der Waals surface area contributed by atoms with Crippen molar-refractivity contribution in [3.8, 4) is 22.9 Å². The van der Waals surface area contributed by atoms with Crippen molar-refractivity contribution < 1.29 is 14.0 Å². The number of halogens is 1. The number of ether oxygens (including phenoxy) is 2. The van der Waals surface area contributed by atoms with Crippen molar-refractivity contribution in [2.75, 3.05) is 13.2 Å². The lowest BCUT2D eigenvalue weighted by atomic mass is 10.1. The van der Waals surface area contributed by atoms with E-state index in [1.807, 2.05) is 12.1 Å². The van der Waals surface area contributed by atoms with Gasteiger partial charge >= 0.3 is 0 Å². The maximum Gasteiger partial charge on any atom is 0.240 e. The standard InChI is InChI=1S/C11H10BrN3O3/c12-7-2-1-6(9-10(7)17-4-3-16-9)11-14-8(5-13)18-15-11/h1-2H,3-5,13H2. The average Bonchev–Trinajstić information content (AvgIpc) is 2.88. The van der Waals surface area contributed by atoms with E-state index < -0.39 is 0 Å². The van der Waals surface area contributed by atoms with Gasteiger partial charge in [0.05, 0.1) is 16.6 Å².